The second kappa shape index (κ2) is 3.12. The van der Waals surface area contributed by atoms with Crippen LogP contribution in [0.2, 0.25) is 0 Å². The molecule has 0 saturated heterocycles. The van der Waals surface area contributed by atoms with Crippen LogP contribution >= 0.6 is 0 Å². The van der Waals surface area contributed by atoms with Crippen LogP contribution in [-0.4, -0.2) is 0 Å². The minimum atomic E-state index is 0.489. The lowest BCUT2D eigenvalue weighted by Gasteiger charge is -2.43. The first-order valence-corrected chi connectivity index (χ1v) is 6.61. The average molecular weight is 214 g/mol. The van der Waals surface area contributed by atoms with E-state index in [9.17, 15) is 0 Å². The Morgan fingerprint density at radius 2 is 1.88 bits per heavy atom. The number of benzene rings is 1. The first-order chi connectivity index (χ1) is 7.55. The van der Waals surface area contributed by atoms with Gasteiger partial charge in [-0.2, -0.15) is 0 Å². The Morgan fingerprint density at radius 1 is 1.12 bits per heavy atom. The monoisotopic (exact) mass is 214 g/mol. The van der Waals surface area contributed by atoms with Crippen molar-refractivity contribution in [2.24, 2.45) is 11.3 Å². The summed E-state index contributed by atoms with van der Waals surface area (Å²) in [5, 5.41) is 0. The smallest absolute Gasteiger partial charge is 0.000956 e. The van der Waals surface area contributed by atoms with Crippen LogP contribution in [0.15, 0.2) is 24.3 Å². The Bertz CT molecular complexity index is 416. The minimum absolute atomic E-state index is 0.489. The summed E-state index contributed by atoms with van der Waals surface area (Å²) in [6.45, 7) is 7.25. The summed E-state index contributed by atoms with van der Waals surface area (Å²) in [6, 6.07) is 9.05. The van der Waals surface area contributed by atoms with Crippen molar-refractivity contribution >= 4 is 0 Å². The Morgan fingerprint density at radius 3 is 2.44 bits per heavy atom. The van der Waals surface area contributed by atoms with Crippen molar-refractivity contribution in [3.8, 4) is 0 Å². The van der Waals surface area contributed by atoms with Gasteiger partial charge in [-0.15, -0.1) is 0 Å². The Labute approximate surface area is 99.1 Å². The second-order valence-corrected chi connectivity index (χ2v) is 6.59. The largest absolute Gasteiger partial charge is 0.0620 e. The quantitative estimate of drug-likeness (QED) is 0.647. The van der Waals surface area contributed by atoms with Gasteiger partial charge in [-0.05, 0) is 55.1 Å². The molecule has 0 N–H and O–H groups in total. The average Bonchev–Trinajstić information content (AvgIpc) is 2.72. The predicted octanol–water partition coefficient (Wildman–Crippen LogP) is 4.46. The Kier molecular flexibility index (Phi) is 2.02. The molecule has 0 amide bonds. The molecule has 0 radical (unpaired) electrons. The highest BCUT2D eigenvalue weighted by Gasteiger charge is 2.57. The number of aryl methyl sites for hydroxylation is 1. The third-order valence-corrected chi connectivity index (χ3v) is 5.37. The lowest BCUT2D eigenvalue weighted by atomic mass is 9.61. The van der Waals surface area contributed by atoms with Crippen molar-refractivity contribution in [2.75, 3.05) is 0 Å². The number of fused-ring (bicyclic) bond motifs is 2. The van der Waals surface area contributed by atoms with E-state index in [0.29, 0.717) is 10.8 Å². The summed E-state index contributed by atoms with van der Waals surface area (Å²) < 4.78 is 0. The van der Waals surface area contributed by atoms with Crippen LogP contribution in [-0.2, 0) is 5.41 Å². The molecular formula is C16H22. The van der Waals surface area contributed by atoms with Crippen molar-refractivity contribution in [1.82, 2.24) is 0 Å². The van der Waals surface area contributed by atoms with Gasteiger partial charge in [0.05, 0.1) is 0 Å². The lowest BCUT2D eigenvalue weighted by molar-refractivity contribution is 0.171. The molecule has 0 aliphatic heterocycles. The molecule has 2 unspecified atom stereocenters. The number of rotatable bonds is 1. The molecule has 2 bridgehead atoms. The number of hydrogen-bond acceptors (Lipinski definition) is 0. The third-order valence-electron chi connectivity index (χ3n) is 5.37. The predicted molar refractivity (Wildman–Crippen MR) is 68.6 cm³/mol. The fourth-order valence-corrected chi connectivity index (χ4v) is 4.57. The van der Waals surface area contributed by atoms with Crippen LogP contribution in [0.5, 0.6) is 0 Å². The fourth-order valence-electron chi connectivity index (χ4n) is 4.57. The molecule has 1 aromatic rings. The molecule has 0 spiro atoms. The van der Waals surface area contributed by atoms with Gasteiger partial charge in [0.2, 0.25) is 0 Å². The van der Waals surface area contributed by atoms with Crippen molar-refractivity contribution in [2.45, 2.75) is 51.9 Å². The molecule has 0 heterocycles. The van der Waals surface area contributed by atoms with Gasteiger partial charge < -0.3 is 0 Å². The van der Waals surface area contributed by atoms with E-state index >= 15 is 0 Å². The highest BCUT2D eigenvalue weighted by molar-refractivity contribution is 5.38. The molecule has 3 rings (SSSR count). The van der Waals surface area contributed by atoms with Gasteiger partial charge in [-0.3, -0.25) is 0 Å². The zero-order valence-corrected chi connectivity index (χ0v) is 10.7. The molecule has 86 valence electrons. The summed E-state index contributed by atoms with van der Waals surface area (Å²) in [6.07, 6.45) is 5.74. The zero-order valence-electron chi connectivity index (χ0n) is 10.7. The SMILES string of the molecule is Cc1ccccc1C12CCC(CC1(C)C)C2. The van der Waals surface area contributed by atoms with E-state index in [1.807, 2.05) is 0 Å². The van der Waals surface area contributed by atoms with Crippen LogP contribution in [0.25, 0.3) is 0 Å². The van der Waals surface area contributed by atoms with Gasteiger partial charge in [-0.1, -0.05) is 38.1 Å². The molecule has 0 aromatic heterocycles. The van der Waals surface area contributed by atoms with Gasteiger partial charge in [0.1, 0.15) is 0 Å². The van der Waals surface area contributed by atoms with Gasteiger partial charge in [-0.25, -0.2) is 0 Å². The van der Waals surface area contributed by atoms with Crippen molar-refractivity contribution in [3.63, 3.8) is 0 Å². The summed E-state index contributed by atoms with van der Waals surface area (Å²) in [4.78, 5) is 0. The van der Waals surface area contributed by atoms with Crippen LogP contribution in [0.1, 0.15) is 50.7 Å². The maximum absolute atomic E-state index is 2.48. The summed E-state index contributed by atoms with van der Waals surface area (Å²) in [7, 11) is 0. The van der Waals surface area contributed by atoms with E-state index in [-0.39, 0.29) is 0 Å². The van der Waals surface area contributed by atoms with Gasteiger partial charge in [0, 0.05) is 5.41 Å². The van der Waals surface area contributed by atoms with E-state index in [4.69, 9.17) is 0 Å². The Balaban J connectivity index is 2.15. The fraction of sp³-hybridized carbons (Fsp3) is 0.625. The van der Waals surface area contributed by atoms with Crippen molar-refractivity contribution in [3.05, 3.63) is 35.4 Å². The second-order valence-electron chi connectivity index (χ2n) is 6.59. The maximum atomic E-state index is 2.48. The van der Waals surface area contributed by atoms with Gasteiger partial charge >= 0.3 is 0 Å². The summed E-state index contributed by atoms with van der Waals surface area (Å²) in [5.74, 6) is 0.995. The molecule has 0 heteroatoms. The highest BCUT2D eigenvalue weighted by atomic mass is 14.6. The van der Waals surface area contributed by atoms with E-state index in [2.05, 4.69) is 45.0 Å². The normalized spacial score (nSPS) is 35.6. The molecule has 2 aliphatic rings. The van der Waals surface area contributed by atoms with E-state index < -0.39 is 0 Å². The number of hydrogen-bond donors (Lipinski definition) is 0. The molecule has 2 saturated carbocycles. The van der Waals surface area contributed by atoms with Gasteiger partial charge in [0.25, 0.3) is 0 Å². The third kappa shape index (κ3) is 1.16. The van der Waals surface area contributed by atoms with E-state index in [0.717, 1.165) is 5.92 Å². The van der Waals surface area contributed by atoms with Crippen LogP contribution < -0.4 is 0 Å². The minimum Gasteiger partial charge on any atom is -0.0620 e. The standard InChI is InChI=1S/C16H22/c1-12-6-4-5-7-14(12)16-9-8-13(11-16)10-15(16,2)3/h4-7,13H,8-11H2,1-3H3. The van der Waals surface area contributed by atoms with Crippen LogP contribution in [0.3, 0.4) is 0 Å². The first-order valence-electron chi connectivity index (χ1n) is 6.61. The van der Waals surface area contributed by atoms with Crippen LogP contribution in [0.4, 0.5) is 0 Å². The topological polar surface area (TPSA) is 0 Å². The molecule has 2 atom stereocenters. The highest BCUT2D eigenvalue weighted by Crippen LogP contribution is 2.65. The lowest BCUT2D eigenvalue weighted by Crippen LogP contribution is -2.37. The molecular weight excluding hydrogens is 192 g/mol. The van der Waals surface area contributed by atoms with E-state index in [1.54, 1.807) is 5.56 Å². The summed E-state index contributed by atoms with van der Waals surface area (Å²) in [5.41, 5.74) is 4.13. The van der Waals surface area contributed by atoms with Crippen molar-refractivity contribution < 1.29 is 0 Å². The molecule has 1 aromatic carbocycles. The van der Waals surface area contributed by atoms with Crippen molar-refractivity contribution in [1.29, 1.82) is 0 Å². The molecule has 2 fully saturated rings. The van der Waals surface area contributed by atoms with Gasteiger partial charge in [0.15, 0.2) is 0 Å². The molecule has 2 aliphatic carbocycles. The Hall–Kier alpha value is -0.780. The molecule has 0 nitrogen and oxygen atoms in total. The maximum Gasteiger partial charge on any atom is 0.000956 e. The van der Waals surface area contributed by atoms with E-state index in [1.165, 1.54) is 31.2 Å². The summed E-state index contributed by atoms with van der Waals surface area (Å²) >= 11 is 0. The van der Waals surface area contributed by atoms with Crippen LogP contribution in [0, 0.1) is 18.3 Å². The zero-order chi connectivity index (χ0) is 11.4. The molecule has 16 heavy (non-hydrogen) atoms. The first kappa shape index (κ1) is 10.4.